The normalized spacial score (nSPS) is 13.3. The van der Waals surface area contributed by atoms with E-state index in [-0.39, 0.29) is 23.6 Å². The summed E-state index contributed by atoms with van der Waals surface area (Å²) in [6.45, 7) is 3.95. The van der Waals surface area contributed by atoms with E-state index in [9.17, 15) is 9.59 Å². The van der Waals surface area contributed by atoms with Crippen LogP contribution < -0.4 is 27.0 Å². The summed E-state index contributed by atoms with van der Waals surface area (Å²) in [5, 5.41) is 20.6. The first-order valence-corrected chi connectivity index (χ1v) is 12.4. The second-order valence-electron chi connectivity index (χ2n) is 9.37. The number of carbonyl (C=O) groups is 2. The lowest BCUT2D eigenvalue weighted by molar-refractivity contribution is -0.119. The van der Waals surface area contributed by atoms with Gasteiger partial charge in [0.15, 0.2) is 0 Å². The molecular weight excluding hydrogens is 468 g/mol. The quantitative estimate of drug-likeness (QED) is 0.187. The van der Waals surface area contributed by atoms with Crippen molar-refractivity contribution in [1.82, 2.24) is 9.97 Å². The molecule has 0 saturated heterocycles. The minimum Gasteiger partial charge on any atom is -0.399 e. The van der Waals surface area contributed by atoms with Crippen molar-refractivity contribution < 1.29 is 9.59 Å². The molecule has 192 valence electrons. The Labute approximate surface area is 216 Å². The van der Waals surface area contributed by atoms with Crippen LogP contribution in [-0.2, 0) is 4.79 Å². The van der Waals surface area contributed by atoms with Crippen LogP contribution in [0.3, 0.4) is 0 Å². The largest absolute Gasteiger partial charge is 0.399 e. The number of nitrogens with two attached hydrogens (primary N) is 1. The van der Waals surface area contributed by atoms with Crippen LogP contribution >= 0.6 is 0 Å². The predicted octanol–water partition coefficient (Wildman–Crippen LogP) is 5.07. The summed E-state index contributed by atoms with van der Waals surface area (Å²) in [6, 6.07) is 13.4. The average molecular weight is 501 g/mol. The molecule has 2 aromatic carbocycles. The predicted molar refractivity (Wildman–Crippen MR) is 147 cm³/mol. The lowest BCUT2D eigenvalue weighted by atomic mass is 10.0. The smallest absolute Gasteiger partial charge is 0.323 e. The lowest BCUT2D eigenvalue weighted by Crippen LogP contribution is -2.24. The Bertz CT molecular complexity index is 1280. The highest BCUT2D eigenvalue weighted by molar-refractivity contribution is 6.17. The van der Waals surface area contributed by atoms with Crippen molar-refractivity contribution in [2.45, 2.75) is 45.6 Å². The van der Waals surface area contributed by atoms with Gasteiger partial charge in [0, 0.05) is 34.6 Å². The molecule has 0 atom stereocenters. The topological polar surface area (TPSA) is 158 Å². The number of anilines is 5. The first-order valence-electron chi connectivity index (χ1n) is 12.4. The molecule has 10 heteroatoms. The van der Waals surface area contributed by atoms with Crippen molar-refractivity contribution in [2.75, 3.05) is 27.0 Å². The van der Waals surface area contributed by atoms with Gasteiger partial charge >= 0.3 is 6.03 Å². The number of hydrogen-bond acceptors (Lipinski definition) is 7. The number of urea groups is 1. The molecule has 10 nitrogen and oxygen atoms in total. The molecular formula is C27H32N8O2. The van der Waals surface area contributed by atoms with Gasteiger partial charge in [0.25, 0.3) is 0 Å². The number of amides is 3. The van der Waals surface area contributed by atoms with Crippen molar-refractivity contribution in [3.63, 3.8) is 0 Å². The highest BCUT2D eigenvalue weighted by Crippen LogP contribution is 2.29. The van der Waals surface area contributed by atoms with Gasteiger partial charge in [-0.2, -0.15) is 0 Å². The third-order valence-electron chi connectivity index (χ3n) is 6.07. The molecule has 3 aromatic rings. The summed E-state index contributed by atoms with van der Waals surface area (Å²) in [4.78, 5) is 33.9. The van der Waals surface area contributed by atoms with Crippen molar-refractivity contribution in [1.29, 1.82) is 5.41 Å². The zero-order valence-corrected chi connectivity index (χ0v) is 21.0. The summed E-state index contributed by atoms with van der Waals surface area (Å²) in [5.41, 5.74) is 8.60. The van der Waals surface area contributed by atoms with Gasteiger partial charge in [0.05, 0.1) is 11.3 Å². The number of nitrogen functional groups attached to an aromatic ring is 1. The summed E-state index contributed by atoms with van der Waals surface area (Å²) < 4.78 is 0. The van der Waals surface area contributed by atoms with E-state index in [1.807, 2.05) is 13.8 Å². The van der Waals surface area contributed by atoms with Crippen molar-refractivity contribution in [3.05, 3.63) is 66.0 Å². The highest BCUT2D eigenvalue weighted by Gasteiger charge is 2.26. The summed E-state index contributed by atoms with van der Waals surface area (Å²) in [6.07, 6.45) is 5.20. The SMILES string of the molecule is CC(C)Nc1ncnc(NC(=O)C2CCCC2)c1C(=N)c1ccc(NC(=O)Nc2cccc(N)c2)cc1. The number of aromatic nitrogens is 2. The van der Waals surface area contributed by atoms with E-state index in [0.717, 1.165) is 25.7 Å². The molecule has 1 saturated carbocycles. The lowest BCUT2D eigenvalue weighted by Gasteiger charge is -2.18. The van der Waals surface area contributed by atoms with Crippen LogP contribution in [0.25, 0.3) is 0 Å². The molecule has 37 heavy (non-hydrogen) atoms. The van der Waals surface area contributed by atoms with E-state index in [2.05, 4.69) is 31.2 Å². The van der Waals surface area contributed by atoms with Crippen molar-refractivity contribution >= 4 is 46.3 Å². The molecule has 0 radical (unpaired) electrons. The first kappa shape index (κ1) is 25.6. The van der Waals surface area contributed by atoms with Crippen LogP contribution in [0, 0.1) is 11.3 Å². The van der Waals surface area contributed by atoms with E-state index in [1.54, 1.807) is 48.5 Å². The van der Waals surface area contributed by atoms with Gasteiger partial charge in [-0.3, -0.25) is 10.2 Å². The number of nitrogens with zero attached hydrogens (tertiary/aromatic N) is 2. The maximum atomic E-state index is 12.8. The Kier molecular flexibility index (Phi) is 7.97. The molecule has 1 heterocycles. The third kappa shape index (κ3) is 6.60. The van der Waals surface area contributed by atoms with Crippen molar-refractivity contribution in [2.24, 2.45) is 5.92 Å². The Morgan fingerprint density at radius 2 is 1.62 bits per heavy atom. The Balaban J connectivity index is 1.52. The fourth-order valence-electron chi connectivity index (χ4n) is 4.28. The van der Waals surface area contributed by atoms with Gasteiger partial charge in [-0.15, -0.1) is 0 Å². The van der Waals surface area contributed by atoms with Crippen LogP contribution in [-0.4, -0.2) is 33.7 Å². The molecule has 0 aliphatic heterocycles. The second-order valence-corrected chi connectivity index (χ2v) is 9.37. The molecule has 1 aromatic heterocycles. The van der Waals surface area contributed by atoms with Crippen LogP contribution in [0.2, 0.25) is 0 Å². The first-order chi connectivity index (χ1) is 17.8. The molecule has 0 unspecified atom stereocenters. The Hall–Kier alpha value is -4.47. The minimum absolute atomic E-state index is 0.0395. The maximum absolute atomic E-state index is 12.8. The Morgan fingerprint density at radius 3 is 2.30 bits per heavy atom. The molecule has 1 aliphatic carbocycles. The molecule has 1 fully saturated rings. The third-order valence-corrected chi connectivity index (χ3v) is 6.07. The number of carbonyl (C=O) groups excluding carboxylic acids is 2. The van der Waals surface area contributed by atoms with Gasteiger partial charge in [-0.1, -0.05) is 31.0 Å². The zero-order valence-electron chi connectivity index (χ0n) is 21.0. The number of rotatable bonds is 8. The molecule has 4 rings (SSSR count). The summed E-state index contributed by atoms with van der Waals surface area (Å²) >= 11 is 0. The van der Waals surface area contributed by atoms with E-state index < -0.39 is 6.03 Å². The van der Waals surface area contributed by atoms with E-state index in [1.165, 1.54) is 6.33 Å². The fraction of sp³-hybridized carbons (Fsp3) is 0.296. The van der Waals surface area contributed by atoms with Gasteiger partial charge < -0.3 is 27.0 Å². The summed E-state index contributed by atoms with van der Waals surface area (Å²) in [7, 11) is 0. The number of benzene rings is 2. The van der Waals surface area contributed by atoms with Crippen molar-refractivity contribution in [3.8, 4) is 0 Å². The molecule has 0 bridgehead atoms. The average Bonchev–Trinajstić information content (AvgIpc) is 3.39. The van der Waals surface area contributed by atoms with Crippen LogP contribution in [0.15, 0.2) is 54.9 Å². The van der Waals surface area contributed by atoms with Crippen LogP contribution in [0.4, 0.5) is 33.5 Å². The van der Waals surface area contributed by atoms with Gasteiger partial charge in [-0.25, -0.2) is 14.8 Å². The van der Waals surface area contributed by atoms with E-state index in [0.29, 0.717) is 39.8 Å². The second kappa shape index (κ2) is 11.5. The van der Waals surface area contributed by atoms with Gasteiger partial charge in [0.1, 0.15) is 18.0 Å². The fourth-order valence-corrected chi connectivity index (χ4v) is 4.28. The molecule has 7 N–H and O–H groups in total. The van der Waals surface area contributed by atoms with E-state index in [4.69, 9.17) is 11.1 Å². The number of hydrogen-bond donors (Lipinski definition) is 6. The monoisotopic (exact) mass is 500 g/mol. The number of nitrogens with one attached hydrogen (secondary N) is 5. The Morgan fingerprint density at radius 1 is 0.946 bits per heavy atom. The maximum Gasteiger partial charge on any atom is 0.323 e. The summed E-state index contributed by atoms with van der Waals surface area (Å²) in [5.74, 6) is 0.665. The molecule has 1 aliphatic rings. The molecule has 3 amide bonds. The van der Waals surface area contributed by atoms with Gasteiger partial charge in [0.2, 0.25) is 5.91 Å². The zero-order chi connectivity index (χ0) is 26.4. The standard InChI is InChI=1S/C27H32N8O2/c1-16(2)32-24-22(25(31-15-30-24)35-26(36)18-6-3-4-7-18)23(29)17-10-12-20(13-11-17)33-27(37)34-21-9-5-8-19(28)14-21/h5,8-16,18,29H,3-4,6-7,28H2,1-2H3,(H2,33,34,37)(H2,30,31,32,35,36). The highest BCUT2D eigenvalue weighted by atomic mass is 16.2. The van der Waals surface area contributed by atoms with Crippen LogP contribution in [0.5, 0.6) is 0 Å². The van der Waals surface area contributed by atoms with E-state index >= 15 is 0 Å². The van der Waals surface area contributed by atoms with Gasteiger partial charge in [-0.05, 0) is 57.0 Å². The molecule has 0 spiro atoms. The van der Waals surface area contributed by atoms with Crippen LogP contribution in [0.1, 0.15) is 50.7 Å². The minimum atomic E-state index is -0.412.